The molecule has 2 N–H and O–H groups in total. The lowest BCUT2D eigenvalue weighted by molar-refractivity contribution is -0.147. The number of aliphatic hydroxyl groups is 2. The van der Waals surface area contributed by atoms with Crippen LogP contribution in [-0.2, 0) is 35.1 Å². The van der Waals surface area contributed by atoms with Crippen molar-refractivity contribution in [1.82, 2.24) is 0 Å². The molecule has 0 radical (unpaired) electrons. The predicted molar refractivity (Wildman–Crippen MR) is 108 cm³/mol. The van der Waals surface area contributed by atoms with Gasteiger partial charge >= 0.3 is 5.97 Å². The molecule has 9 nitrogen and oxygen atoms in total. The second-order valence-corrected chi connectivity index (χ2v) is 8.65. The van der Waals surface area contributed by atoms with E-state index in [0.29, 0.717) is 0 Å². The molecular weight excluding hydrogens is 428 g/mol. The van der Waals surface area contributed by atoms with Crippen LogP contribution < -0.4 is 0 Å². The summed E-state index contributed by atoms with van der Waals surface area (Å²) in [7, 11) is -3.99. The number of carbonyl (C=O) groups excluding carboxylic acids is 1. The van der Waals surface area contributed by atoms with Gasteiger partial charge in [0, 0.05) is 0 Å². The Balaban J connectivity index is 1.74. The Morgan fingerprint density at radius 2 is 1.68 bits per heavy atom. The van der Waals surface area contributed by atoms with E-state index in [9.17, 15) is 23.4 Å². The highest BCUT2D eigenvalue weighted by Gasteiger charge is 2.49. The molecule has 168 valence electrons. The van der Waals surface area contributed by atoms with Gasteiger partial charge in [0.25, 0.3) is 10.1 Å². The van der Waals surface area contributed by atoms with Crippen molar-refractivity contribution in [2.24, 2.45) is 0 Å². The zero-order valence-corrected chi connectivity index (χ0v) is 17.6. The highest BCUT2D eigenvalue weighted by atomic mass is 32.2. The van der Waals surface area contributed by atoms with Gasteiger partial charge in [0.2, 0.25) is 0 Å². The topological polar surface area (TPSA) is 129 Å². The van der Waals surface area contributed by atoms with E-state index >= 15 is 0 Å². The predicted octanol–water partition coefficient (Wildman–Crippen LogP) is 0.852. The van der Waals surface area contributed by atoms with E-state index in [1.165, 1.54) is 0 Å². The standard InChI is InChI=1S/C21H24O9S/c1-31(25,26)30-16(13-28-20(23)15-10-6-3-7-11-15)18-19(17(22)21(24)29-18)27-12-14-8-4-2-5-9-14/h2-11,16-19,21-22,24H,12-13H2,1H3/t16-,17?,18-,19+,21?/m0/s1. The van der Waals surface area contributed by atoms with Crippen molar-refractivity contribution >= 4 is 16.1 Å². The molecule has 0 bridgehead atoms. The molecule has 1 fully saturated rings. The molecule has 0 aliphatic carbocycles. The van der Waals surface area contributed by atoms with Crippen molar-refractivity contribution in [2.75, 3.05) is 12.9 Å². The number of carbonyl (C=O) groups is 1. The van der Waals surface area contributed by atoms with E-state index in [4.69, 9.17) is 18.4 Å². The van der Waals surface area contributed by atoms with Crippen molar-refractivity contribution in [2.45, 2.75) is 37.3 Å². The van der Waals surface area contributed by atoms with Crippen molar-refractivity contribution in [3.8, 4) is 0 Å². The highest BCUT2D eigenvalue weighted by Crippen LogP contribution is 2.28. The fourth-order valence-corrected chi connectivity index (χ4v) is 3.77. The molecule has 2 unspecified atom stereocenters. The lowest BCUT2D eigenvalue weighted by Crippen LogP contribution is -2.45. The Labute approximate surface area is 180 Å². The maximum Gasteiger partial charge on any atom is 0.338 e. The van der Waals surface area contributed by atoms with Gasteiger partial charge in [-0.15, -0.1) is 0 Å². The zero-order chi connectivity index (χ0) is 22.4. The van der Waals surface area contributed by atoms with Crippen molar-refractivity contribution in [1.29, 1.82) is 0 Å². The molecule has 1 aliphatic rings. The van der Waals surface area contributed by atoms with Gasteiger partial charge in [-0.2, -0.15) is 8.42 Å². The van der Waals surface area contributed by atoms with Gasteiger partial charge in [-0.05, 0) is 17.7 Å². The average Bonchev–Trinajstić information content (AvgIpc) is 3.03. The molecule has 3 rings (SSSR count). The number of ether oxygens (including phenoxy) is 3. The molecule has 0 amide bonds. The van der Waals surface area contributed by atoms with Crippen LogP contribution in [0.1, 0.15) is 15.9 Å². The molecule has 0 saturated carbocycles. The summed E-state index contributed by atoms with van der Waals surface area (Å²) in [6, 6.07) is 17.2. The van der Waals surface area contributed by atoms with Crippen LogP contribution in [0, 0.1) is 0 Å². The molecular formula is C21H24O9S. The van der Waals surface area contributed by atoms with Crippen LogP contribution in [0.5, 0.6) is 0 Å². The van der Waals surface area contributed by atoms with E-state index in [2.05, 4.69) is 0 Å². The number of rotatable bonds is 9. The zero-order valence-electron chi connectivity index (χ0n) is 16.7. The van der Waals surface area contributed by atoms with Crippen LogP contribution in [0.4, 0.5) is 0 Å². The summed E-state index contributed by atoms with van der Waals surface area (Å²) in [6.45, 7) is -0.430. The van der Waals surface area contributed by atoms with Gasteiger partial charge in [-0.3, -0.25) is 4.18 Å². The summed E-state index contributed by atoms with van der Waals surface area (Å²) in [6.07, 6.45) is -5.94. The summed E-state index contributed by atoms with van der Waals surface area (Å²) < 4.78 is 44.9. The molecule has 31 heavy (non-hydrogen) atoms. The number of benzene rings is 2. The lowest BCUT2D eigenvalue weighted by atomic mass is 10.1. The van der Waals surface area contributed by atoms with Crippen LogP contribution in [0.15, 0.2) is 60.7 Å². The Morgan fingerprint density at radius 1 is 1.06 bits per heavy atom. The van der Waals surface area contributed by atoms with Gasteiger partial charge in [0.05, 0.1) is 18.4 Å². The first-order valence-corrected chi connectivity index (χ1v) is 11.3. The van der Waals surface area contributed by atoms with E-state index in [0.717, 1.165) is 11.8 Å². The largest absolute Gasteiger partial charge is 0.459 e. The Bertz CT molecular complexity index is 949. The average molecular weight is 452 g/mol. The Kier molecular flexibility index (Phi) is 7.76. The maximum atomic E-state index is 12.3. The number of hydrogen-bond acceptors (Lipinski definition) is 9. The number of esters is 1. The van der Waals surface area contributed by atoms with Crippen LogP contribution >= 0.6 is 0 Å². The summed E-state index contributed by atoms with van der Waals surface area (Å²) >= 11 is 0. The third-order valence-electron chi connectivity index (χ3n) is 4.59. The normalized spacial score (nSPS) is 24.6. The molecule has 2 aromatic carbocycles. The third-order valence-corrected chi connectivity index (χ3v) is 5.18. The molecule has 0 aromatic heterocycles. The summed E-state index contributed by atoms with van der Waals surface area (Å²) in [5.41, 5.74) is 1.07. The van der Waals surface area contributed by atoms with Crippen LogP contribution in [0.25, 0.3) is 0 Å². The second-order valence-electron chi connectivity index (χ2n) is 7.05. The van der Waals surface area contributed by atoms with Crippen molar-refractivity contribution in [3.63, 3.8) is 0 Å². The molecule has 5 atom stereocenters. The van der Waals surface area contributed by atoms with Crippen LogP contribution in [-0.4, -0.2) is 68.2 Å². The fraction of sp³-hybridized carbons (Fsp3) is 0.381. The van der Waals surface area contributed by atoms with Crippen LogP contribution in [0.2, 0.25) is 0 Å². The van der Waals surface area contributed by atoms with E-state index in [1.807, 2.05) is 18.2 Å². The van der Waals surface area contributed by atoms with Crippen molar-refractivity contribution in [3.05, 3.63) is 71.8 Å². The molecule has 0 spiro atoms. The minimum atomic E-state index is -3.99. The third kappa shape index (κ3) is 6.57. The quantitative estimate of drug-likeness (QED) is 0.420. The minimum Gasteiger partial charge on any atom is -0.459 e. The summed E-state index contributed by atoms with van der Waals surface area (Å²) in [5.74, 6) is -0.691. The first kappa shape index (κ1) is 23.3. The van der Waals surface area contributed by atoms with E-state index in [-0.39, 0.29) is 12.2 Å². The molecule has 1 aliphatic heterocycles. The maximum absolute atomic E-state index is 12.3. The Morgan fingerprint density at radius 3 is 2.29 bits per heavy atom. The minimum absolute atomic E-state index is 0.0740. The number of aliphatic hydroxyl groups excluding tert-OH is 2. The summed E-state index contributed by atoms with van der Waals surface area (Å²) in [5, 5.41) is 20.3. The monoisotopic (exact) mass is 452 g/mol. The smallest absolute Gasteiger partial charge is 0.338 e. The lowest BCUT2D eigenvalue weighted by Gasteiger charge is -2.27. The van der Waals surface area contributed by atoms with E-state index in [1.54, 1.807) is 42.5 Å². The summed E-state index contributed by atoms with van der Waals surface area (Å²) in [4.78, 5) is 12.3. The van der Waals surface area contributed by atoms with E-state index < -0.39 is 53.4 Å². The highest BCUT2D eigenvalue weighted by molar-refractivity contribution is 7.86. The Hall–Kier alpha value is -2.34. The van der Waals surface area contributed by atoms with Gasteiger partial charge < -0.3 is 24.4 Å². The first-order chi connectivity index (χ1) is 14.7. The van der Waals surface area contributed by atoms with Gasteiger partial charge in [0.15, 0.2) is 6.29 Å². The van der Waals surface area contributed by atoms with Crippen LogP contribution in [0.3, 0.4) is 0 Å². The molecule has 10 heteroatoms. The molecule has 1 saturated heterocycles. The fourth-order valence-electron chi connectivity index (χ4n) is 3.15. The van der Waals surface area contributed by atoms with Gasteiger partial charge in [-0.25, -0.2) is 4.79 Å². The molecule has 2 aromatic rings. The van der Waals surface area contributed by atoms with Crippen molar-refractivity contribution < 1.29 is 41.8 Å². The SMILES string of the molecule is CS(=O)(=O)O[C@@H](COC(=O)c1ccccc1)[C@@H]1OC(O)C(O)[C@H]1OCc1ccccc1. The second kappa shape index (κ2) is 10.3. The van der Waals surface area contributed by atoms with Gasteiger partial charge in [-0.1, -0.05) is 48.5 Å². The van der Waals surface area contributed by atoms with Gasteiger partial charge in [0.1, 0.15) is 31.0 Å². The molecule has 1 heterocycles. The number of hydrogen-bond donors (Lipinski definition) is 2. The first-order valence-electron chi connectivity index (χ1n) is 9.52.